The molecule has 0 radical (unpaired) electrons. The summed E-state index contributed by atoms with van der Waals surface area (Å²) >= 11 is 0.926. The summed E-state index contributed by atoms with van der Waals surface area (Å²) in [6.45, 7) is 3.60. The van der Waals surface area contributed by atoms with Crippen molar-refractivity contribution in [1.29, 1.82) is 0 Å². The van der Waals surface area contributed by atoms with Crippen LogP contribution in [0.1, 0.15) is 26.1 Å². The van der Waals surface area contributed by atoms with Crippen molar-refractivity contribution in [3.8, 4) is 0 Å². The zero-order valence-corrected chi connectivity index (χ0v) is 15.1. The SMILES string of the molecule is CCOC(=O)C1=C(CSc2nnc(C(F)(F)F)n2C)NC(=O)N[C@@H]1CC. The number of nitrogens with one attached hydrogen (secondary N) is 2. The number of carbonyl (C=O) groups is 2. The molecule has 0 aliphatic carbocycles. The molecule has 2 rings (SSSR count). The van der Waals surface area contributed by atoms with E-state index in [0.717, 1.165) is 16.3 Å². The van der Waals surface area contributed by atoms with Crippen molar-refractivity contribution in [3.05, 3.63) is 17.1 Å². The number of esters is 1. The molecule has 1 aliphatic heterocycles. The number of aromatic nitrogens is 3. The summed E-state index contributed by atoms with van der Waals surface area (Å²) in [5.41, 5.74) is 0.528. The van der Waals surface area contributed by atoms with Crippen molar-refractivity contribution in [3.63, 3.8) is 0 Å². The average molecular weight is 393 g/mol. The van der Waals surface area contributed by atoms with Crippen LogP contribution in [0.25, 0.3) is 0 Å². The molecule has 1 aromatic heterocycles. The summed E-state index contributed by atoms with van der Waals surface area (Å²) in [6.07, 6.45) is -4.16. The minimum Gasteiger partial charge on any atom is -0.463 e. The van der Waals surface area contributed by atoms with E-state index in [2.05, 4.69) is 20.8 Å². The molecule has 2 heterocycles. The fraction of sp³-hybridized carbons (Fsp3) is 0.571. The van der Waals surface area contributed by atoms with E-state index in [0.29, 0.717) is 6.42 Å². The van der Waals surface area contributed by atoms with E-state index in [9.17, 15) is 22.8 Å². The molecule has 0 unspecified atom stereocenters. The van der Waals surface area contributed by atoms with Gasteiger partial charge in [-0.2, -0.15) is 13.2 Å². The third-order valence-corrected chi connectivity index (χ3v) is 4.63. The number of amides is 2. The highest BCUT2D eigenvalue weighted by Gasteiger charge is 2.38. The lowest BCUT2D eigenvalue weighted by Gasteiger charge is -2.28. The molecule has 0 bridgehead atoms. The number of ether oxygens (including phenoxy) is 1. The first-order valence-electron chi connectivity index (χ1n) is 7.76. The molecule has 0 fully saturated rings. The number of hydrogen-bond acceptors (Lipinski definition) is 6. The van der Waals surface area contributed by atoms with Crippen molar-refractivity contribution in [2.24, 2.45) is 7.05 Å². The fourth-order valence-corrected chi connectivity index (χ4v) is 3.28. The smallest absolute Gasteiger partial charge is 0.451 e. The van der Waals surface area contributed by atoms with E-state index in [1.54, 1.807) is 13.8 Å². The van der Waals surface area contributed by atoms with Crippen LogP contribution in [0.4, 0.5) is 18.0 Å². The molecule has 144 valence electrons. The van der Waals surface area contributed by atoms with E-state index >= 15 is 0 Å². The Labute approximate surface area is 151 Å². The summed E-state index contributed by atoms with van der Waals surface area (Å²) in [6, 6.07) is -1.03. The number of rotatable bonds is 6. The molecule has 26 heavy (non-hydrogen) atoms. The summed E-state index contributed by atoms with van der Waals surface area (Å²) in [5.74, 6) is -1.68. The van der Waals surface area contributed by atoms with Crippen molar-refractivity contribution in [2.75, 3.05) is 12.4 Å². The van der Waals surface area contributed by atoms with E-state index in [-0.39, 0.29) is 28.8 Å². The Balaban J connectivity index is 2.27. The topological polar surface area (TPSA) is 98.1 Å². The molecule has 1 aliphatic rings. The first-order chi connectivity index (χ1) is 12.2. The van der Waals surface area contributed by atoms with Gasteiger partial charge in [0.1, 0.15) is 0 Å². The van der Waals surface area contributed by atoms with Gasteiger partial charge in [-0.25, -0.2) is 9.59 Å². The van der Waals surface area contributed by atoms with Gasteiger partial charge in [-0.05, 0) is 13.3 Å². The standard InChI is InChI=1S/C14H18F3N5O3S/c1-4-7-9(10(23)25-5-2)8(19-12(24)18-7)6-26-13-21-20-11(22(13)3)14(15,16)17/h7H,4-6H2,1-3H3,(H2,18,19,24)/t7-/m1/s1. The minimum absolute atomic E-state index is 0.00821. The number of urea groups is 1. The van der Waals surface area contributed by atoms with Gasteiger partial charge in [0.15, 0.2) is 5.16 Å². The maximum Gasteiger partial charge on any atom is 0.451 e. The molecule has 2 amide bonds. The maximum atomic E-state index is 12.8. The Kier molecular flexibility index (Phi) is 6.16. The molecule has 0 spiro atoms. The fourth-order valence-electron chi connectivity index (χ4n) is 2.40. The van der Waals surface area contributed by atoms with Crippen LogP contribution in [0.2, 0.25) is 0 Å². The first kappa shape index (κ1) is 20.1. The lowest BCUT2D eigenvalue weighted by atomic mass is 10.0. The van der Waals surface area contributed by atoms with Crippen LogP contribution in [0.15, 0.2) is 16.4 Å². The van der Waals surface area contributed by atoms with Crippen molar-refractivity contribution >= 4 is 23.8 Å². The summed E-state index contributed by atoms with van der Waals surface area (Å²) in [7, 11) is 1.20. The molecule has 0 aromatic carbocycles. The third-order valence-electron chi connectivity index (χ3n) is 3.58. The first-order valence-corrected chi connectivity index (χ1v) is 8.74. The van der Waals surface area contributed by atoms with Gasteiger partial charge in [-0.3, -0.25) is 0 Å². The van der Waals surface area contributed by atoms with Gasteiger partial charge in [0.05, 0.1) is 18.2 Å². The van der Waals surface area contributed by atoms with Crippen molar-refractivity contribution in [2.45, 2.75) is 37.6 Å². The summed E-state index contributed by atoms with van der Waals surface area (Å²) in [4.78, 5) is 24.0. The highest BCUT2D eigenvalue weighted by molar-refractivity contribution is 7.99. The number of carbonyl (C=O) groups excluding carboxylic acids is 2. The van der Waals surface area contributed by atoms with Gasteiger partial charge in [0.25, 0.3) is 0 Å². The second-order valence-electron chi connectivity index (χ2n) is 5.32. The predicted molar refractivity (Wildman–Crippen MR) is 86.1 cm³/mol. The average Bonchev–Trinajstić information content (AvgIpc) is 2.93. The summed E-state index contributed by atoms with van der Waals surface area (Å²) in [5, 5.41) is 11.8. The van der Waals surface area contributed by atoms with Crippen LogP contribution in [0.5, 0.6) is 0 Å². The Hall–Kier alpha value is -2.24. The summed E-state index contributed by atoms with van der Waals surface area (Å²) < 4.78 is 44.2. The van der Waals surface area contributed by atoms with Crippen LogP contribution in [0.3, 0.4) is 0 Å². The number of alkyl halides is 3. The molecule has 12 heteroatoms. The van der Waals surface area contributed by atoms with E-state index in [4.69, 9.17) is 4.74 Å². The minimum atomic E-state index is -4.62. The van der Waals surface area contributed by atoms with Crippen LogP contribution < -0.4 is 10.6 Å². The van der Waals surface area contributed by atoms with Crippen LogP contribution in [-0.2, 0) is 22.8 Å². The van der Waals surface area contributed by atoms with Crippen molar-refractivity contribution < 1.29 is 27.5 Å². The van der Waals surface area contributed by atoms with Gasteiger partial charge in [0.2, 0.25) is 5.82 Å². The quantitative estimate of drug-likeness (QED) is 0.565. The highest BCUT2D eigenvalue weighted by atomic mass is 32.2. The Morgan fingerprint density at radius 3 is 2.58 bits per heavy atom. The second kappa shape index (κ2) is 7.98. The zero-order chi connectivity index (χ0) is 19.5. The Morgan fingerprint density at radius 1 is 1.35 bits per heavy atom. The third kappa shape index (κ3) is 4.29. The predicted octanol–water partition coefficient (Wildman–Crippen LogP) is 1.83. The molecule has 2 N–H and O–H groups in total. The molecule has 1 aromatic rings. The van der Waals surface area contributed by atoms with Gasteiger partial charge >= 0.3 is 18.2 Å². The van der Waals surface area contributed by atoms with E-state index in [1.807, 2.05) is 0 Å². The van der Waals surface area contributed by atoms with Gasteiger partial charge in [0, 0.05) is 18.5 Å². The monoisotopic (exact) mass is 393 g/mol. The largest absolute Gasteiger partial charge is 0.463 e. The number of hydrogen-bond donors (Lipinski definition) is 2. The molecule has 0 saturated heterocycles. The number of halogens is 3. The molecular weight excluding hydrogens is 375 g/mol. The maximum absolute atomic E-state index is 12.8. The zero-order valence-electron chi connectivity index (χ0n) is 14.3. The molecule has 8 nitrogen and oxygen atoms in total. The van der Waals surface area contributed by atoms with Crippen LogP contribution in [0, 0.1) is 0 Å². The highest BCUT2D eigenvalue weighted by Crippen LogP contribution is 2.30. The molecule has 0 saturated carbocycles. The lowest BCUT2D eigenvalue weighted by molar-refractivity contribution is -0.147. The molecular formula is C14H18F3N5O3S. The van der Waals surface area contributed by atoms with E-state index < -0.39 is 30.0 Å². The van der Waals surface area contributed by atoms with E-state index in [1.165, 1.54) is 7.05 Å². The van der Waals surface area contributed by atoms with Gasteiger partial charge in [-0.1, -0.05) is 18.7 Å². The van der Waals surface area contributed by atoms with Crippen LogP contribution >= 0.6 is 11.8 Å². The van der Waals surface area contributed by atoms with Crippen molar-refractivity contribution in [1.82, 2.24) is 25.4 Å². The number of thioether (sulfide) groups is 1. The second-order valence-corrected chi connectivity index (χ2v) is 6.27. The Morgan fingerprint density at radius 2 is 2.04 bits per heavy atom. The van der Waals surface area contributed by atoms with Crippen LogP contribution in [-0.4, -0.2) is 45.2 Å². The lowest BCUT2D eigenvalue weighted by Crippen LogP contribution is -2.50. The number of nitrogens with zero attached hydrogens (tertiary/aromatic N) is 3. The normalized spacial score (nSPS) is 17.8. The van der Waals surface area contributed by atoms with Gasteiger partial charge in [-0.15, -0.1) is 10.2 Å². The van der Waals surface area contributed by atoms with Gasteiger partial charge < -0.3 is 19.9 Å². The Bertz CT molecular complexity index is 732. The molecule has 1 atom stereocenters.